The minimum absolute atomic E-state index is 0.218. The summed E-state index contributed by atoms with van der Waals surface area (Å²) < 4.78 is 1.21. The number of nitrogens with one attached hydrogen (secondary N) is 1. The summed E-state index contributed by atoms with van der Waals surface area (Å²) in [5.74, 6) is 0.218. The molecular formula is C14H19IN2O. The summed E-state index contributed by atoms with van der Waals surface area (Å²) in [6.07, 6.45) is 4.81. The van der Waals surface area contributed by atoms with E-state index in [0.717, 1.165) is 31.6 Å². The van der Waals surface area contributed by atoms with Gasteiger partial charge in [0.2, 0.25) is 5.91 Å². The summed E-state index contributed by atoms with van der Waals surface area (Å²) in [5.41, 5.74) is 1.01. The Bertz CT molecular complexity index is 383. The number of nitrogens with zero attached hydrogens (tertiary/aromatic N) is 1. The Labute approximate surface area is 122 Å². The zero-order chi connectivity index (χ0) is 12.8. The highest BCUT2D eigenvalue weighted by molar-refractivity contribution is 14.1. The van der Waals surface area contributed by atoms with Crippen molar-refractivity contribution in [3.8, 4) is 0 Å². The molecule has 0 spiro atoms. The molecule has 1 amide bonds. The highest BCUT2D eigenvalue weighted by Gasteiger charge is 2.14. The fraction of sp³-hybridized carbons (Fsp3) is 0.500. The number of hydrogen-bond donors (Lipinski definition) is 1. The second-order valence-corrected chi connectivity index (χ2v) is 5.90. The average Bonchev–Trinajstić information content (AvgIpc) is 2.66. The van der Waals surface area contributed by atoms with E-state index in [-0.39, 0.29) is 5.91 Å². The lowest BCUT2D eigenvalue weighted by atomic mass is 10.2. The average molecular weight is 358 g/mol. The first-order valence-electron chi connectivity index (χ1n) is 6.53. The number of amides is 1. The smallest absolute Gasteiger partial charge is 0.241 e. The Kier molecular flexibility index (Phi) is 5.28. The molecular weight excluding hydrogens is 339 g/mol. The van der Waals surface area contributed by atoms with Gasteiger partial charge >= 0.3 is 0 Å². The third kappa shape index (κ3) is 4.15. The molecule has 3 nitrogen and oxygen atoms in total. The number of benzene rings is 1. The van der Waals surface area contributed by atoms with Gasteiger partial charge in [-0.15, -0.1) is 0 Å². The molecule has 1 heterocycles. The minimum Gasteiger partial charge on any atom is -0.376 e. The van der Waals surface area contributed by atoms with Crippen LogP contribution in [0.25, 0.3) is 0 Å². The summed E-state index contributed by atoms with van der Waals surface area (Å²) in [5, 5.41) is 3.19. The highest BCUT2D eigenvalue weighted by Crippen LogP contribution is 2.12. The first-order chi connectivity index (χ1) is 8.75. The van der Waals surface area contributed by atoms with Crippen molar-refractivity contribution in [2.24, 2.45) is 0 Å². The zero-order valence-electron chi connectivity index (χ0n) is 10.5. The first-order valence-corrected chi connectivity index (χ1v) is 7.61. The van der Waals surface area contributed by atoms with Crippen molar-refractivity contribution in [2.45, 2.75) is 25.7 Å². The monoisotopic (exact) mass is 358 g/mol. The number of anilines is 1. The summed E-state index contributed by atoms with van der Waals surface area (Å²) in [6.45, 7) is 2.25. The van der Waals surface area contributed by atoms with E-state index < -0.39 is 0 Å². The maximum absolute atomic E-state index is 12.1. The Balaban J connectivity index is 1.81. The molecule has 4 heteroatoms. The molecule has 0 aromatic heterocycles. The Hall–Kier alpha value is -0.780. The third-order valence-electron chi connectivity index (χ3n) is 3.25. The number of hydrogen-bond acceptors (Lipinski definition) is 2. The molecule has 1 aromatic carbocycles. The van der Waals surface area contributed by atoms with E-state index in [1.54, 1.807) is 0 Å². The Morgan fingerprint density at radius 2 is 1.72 bits per heavy atom. The van der Waals surface area contributed by atoms with Crippen LogP contribution in [0.4, 0.5) is 5.69 Å². The van der Waals surface area contributed by atoms with Gasteiger partial charge in [0.15, 0.2) is 0 Å². The molecule has 18 heavy (non-hydrogen) atoms. The van der Waals surface area contributed by atoms with E-state index in [1.807, 2.05) is 29.2 Å². The SMILES string of the molecule is O=C(CNc1ccc(I)cc1)N1CCCCCC1. The van der Waals surface area contributed by atoms with Crippen molar-refractivity contribution >= 4 is 34.2 Å². The van der Waals surface area contributed by atoms with Crippen LogP contribution in [0.5, 0.6) is 0 Å². The molecule has 0 bridgehead atoms. The number of likely N-dealkylation sites (tertiary alicyclic amines) is 1. The van der Waals surface area contributed by atoms with Crippen LogP contribution in [0.2, 0.25) is 0 Å². The number of halogens is 1. The summed E-state index contributed by atoms with van der Waals surface area (Å²) in [7, 11) is 0. The predicted octanol–water partition coefficient (Wildman–Crippen LogP) is 3.11. The number of carbonyl (C=O) groups excluding carboxylic acids is 1. The van der Waals surface area contributed by atoms with Crippen LogP contribution >= 0.6 is 22.6 Å². The van der Waals surface area contributed by atoms with Crippen LogP contribution < -0.4 is 5.32 Å². The van der Waals surface area contributed by atoms with Crippen molar-refractivity contribution in [1.82, 2.24) is 4.90 Å². The lowest BCUT2D eigenvalue weighted by molar-refractivity contribution is -0.129. The van der Waals surface area contributed by atoms with E-state index in [0.29, 0.717) is 6.54 Å². The molecule has 98 valence electrons. The van der Waals surface area contributed by atoms with E-state index in [1.165, 1.54) is 16.4 Å². The fourth-order valence-electron chi connectivity index (χ4n) is 2.18. The molecule has 0 saturated carbocycles. The van der Waals surface area contributed by atoms with E-state index in [9.17, 15) is 4.79 Å². The normalized spacial score (nSPS) is 16.2. The lowest BCUT2D eigenvalue weighted by Gasteiger charge is -2.20. The van der Waals surface area contributed by atoms with Gasteiger partial charge in [0.05, 0.1) is 6.54 Å². The van der Waals surface area contributed by atoms with E-state index in [2.05, 4.69) is 27.9 Å². The van der Waals surface area contributed by atoms with Gasteiger partial charge in [-0.3, -0.25) is 4.79 Å². The van der Waals surface area contributed by atoms with Crippen molar-refractivity contribution < 1.29 is 4.79 Å². The summed E-state index contributed by atoms with van der Waals surface area (Å²) in [4.78, 5) is 14.0. The van der Waals surface area contributed by atoms with Gasteiger partial charge in [-0.25, -0.2) is 0 Å². The standard InChI is InChI=1S/C14H19IN2O/c15-12-5-7-13(8-6-12)16-11-14(18)17-9-3-1-2-4-10-17/h5-8,16H,1-4,9-11H2. The van der Waals surface area contributed by atoms with Crippen LogP contribution in [-0.4, -0.2) is 30.4 Å². The van der Waals surface area contributed by atoms with E-state index in [4.69, 9.17) is 0 Å². The number of rotatable bonds is 3. The molecule has 1 aliphatic heterocycles. The quantitative estimate of drug-likeness (QED) is 0.843. The lowest BCUT2D eigenvalue weighted by Crippen LogP contribution is -2.36. The van der Waals surface area contributed by atoms with Gasteiger partial charge in [-0.2, -0.15) is 0 Å². The highest BCUT2D eigenvalue weighted by atomic mass is 127. The predicted molar refractivity (Wildman–Crippen MR) is 82.7 cm³/mol. The van der Waals surface area contributed by atoms with Gasteiger partial charge < -0.3 is 10.2 Å². The topological polar surface area (TPSA) is 32.3 Å². The van der Waals surface area contributed by atoms with Gasteiger partial charge in [0.1, 0.15) is 0 Å². The van der Waals surface area contributed by atoms with Crippen LogP contribution in [0.1, 0.15) is 25.7 Å². The maximum Gasteiger partial charge on any atom is 0.241 e. The van der Waals surface area contributed by atoms with Gasteiger partial charge in [-0.1, -0.05) is 12.8 Å². The molecule has 1 saturated heterocycles. The summed E-state index contributed by atoms with van der Waals surface area (Å²) >= 11 is 2.27. The third-order valence-corrected chi connectivity index (χ3v) is 3.97. The van der Waals surface area contributed by atoms with Crippen molar-refractivity contribution in [1.29, 1.82) is 0 Å². The summed E-state index contributed by atoms with van der Waals surface area (Å²) in [6, 6.07) is 8.10. The van der Waals surface area contributed by atoms with E-state index >= 15 is 0 Å². The fourth-order valence-corrected chi connectivity index (χ4v) is 2.54. The van der Waals surface area contributed by atoms with Gasteiger partial charge in [-0.05, 0) is 59.7 Å². The minimum atomic E-state index is 0.218. The van der Waals surface area contributed by atoms with Crippen LogP contribution in [-0.2, 0) is 4.79 Å². The molecule has 1 aliphatic rings. The second-order valence-electron chi connectivity index (χ2n) is 4.66. The van der Waals surface area contributed by atoms with Crippen molar-refractivity contribution in [3.63, 3.8) is 0 Å². The molecule has 1 aromatic rings. The van der Waals surface area contributed by atoms with Crippen LogP contribution in [0.3, 0.4) is 0 Å². The van der Waals surface area contributed by atoms with Crippen LogP contribution in [0, 0.1) is 3.57 Å². The molecule has 0 radical (unpaired) electrons. The van der Waals surface area contributed by atoms with Crippen molar-refractivity contribution in [3.05, 3.63) is 27.8 Å². The van der Waals surface area contributed by atoms with Gasteiger partial charge in [0.25, 0.3) is 0 Å². The molecule has 0 atom stereocenters. The molecule has 1 fully saturated rings. The molecule has 1 N–H and O–H groups in total. The zero-order valence-corrected chi connectivity index (χ0v) is 12.7. The second kappa shape index (κ2) is 6.97. The largest absolute Gasteiger partial charge is 0.376 e. The molecule has 0 aliphatic carbocycles. The molecule has 0 unspecified atom stereocenters. The van der Waals surface area contributed by atoms with Crippen LogP contribution in [0.15, 0.2) is 24.3 Å². The Morgan fingerprint density at radius 1 is 1.11 bits per heavy atom. The molecule has 2 rings (SSSR count). The van der Waals surface area contributed by atoms with Crippen molar-refractivity contribution in [2.75, 3.05) is 25.0 Å². The van der Waals surface area contributed by atoms with Gasteiger partial charge in [0, 0.05) is 22.3 Å². The Morgan fingerprint density at radius 3 is 2.33 bits per heavy atom. The maximum atomic E-state index is 12.1. The number of carbonyl (C=O) groups is 1. The first kappa shape index (κ1) is 13.6.